The number of anilines is 1. The number of hydrogen-bond acceptors (Lipinski definition) is 5. The number of aliphatic imine (C=N–C) groups is 1. The second-order valence-corrected chi connectivity index (χ2v) is 9.66. The van der Waals surface area contributed by atoms with Crippen molar-refractivity contribution in [2.45, 2.75) is 12.8 Å². The molecule has 0 saturated heterocycles. The van der Waals surface area contributed by atoms with Gasteiger partial charge in [-0.25, -0.2) is 14.4 Å². The molecule has 7 nitrogen and oxygen atoms in total. The minimum absolute atomic E-state index is 0.0921. The normalized spacial score (nSPS) is 14.5. The van der Waals surface area contributed by atoms with Crippen LogP contribution in [0.2, 0.25) is 15.1 Å². The number of amides is 2. The van der Waals surface area contributed by atoms with E-state index in [9.17, 15) is 14.0 Å². The van der Waals surface area contributed by atoms with Crippen molar-refractivity contribution in [3.63, 3.8) is 0 Å². The summed E-state index contributed by atoms with van der Waals surface area (Å²) in [5.74, 6) is -2.33. The molecule has 0 fully saturated rings. The third kappa shape index (κ3) is 5.88. The Bertz CT molecular complexity index is 1590. The molecule has 1 aliphatic rings. The van der Waals surface area contributed by atoms with Gasteiger partial charge in [-0.1, -0.05) is 83.3 Å². The van der Waals surface area contributed by atoms with Crippen molar-refractivity contribution in [3.05, 3.63) is 122 Å². The van der Waals surface area contributed by atoms with Crippen LogP contribution in [0.25, 0.3) is 0 Å². The monoisotopic (exact) mass is 582 g/mol. The fraction of sp³-hybridized carbons (Fsp3) is 0.0714. The number of ether oxygens (including phenoxy) is 1. The van der Waals surface area contributed by atoms with E-state index in [2.05, 4.69) is 20.6 Å². The van der Waals surface area contributed by atoms with Gasteiger partial charge in [0.25, 0.3) is 11.8 Å². The van der Waals surface area contributed by atoms with Crippen LogP contribution in [0.15, 0.2) is 84.0 Å². The van der Waals surface area contributed by atoms with Gasteiger partial charge in [0.15, 0.2) is 0 Å². The third-order valence-electron chi connectivity index (χ3n) is 5.74. The summed E-state index contributed by atoms with van der Waals surface area (Å²) in [6.45, 7) is 0.0921. The van der Waals surface area contributed by atoms with Gasteiger partial charge in [-0.2, -0.15) is 0 Å². The third-order valence-corrected chi connectivity index (χ3v) is 6.55. The molecule has 0 aliphatic carbocycles. The summed E-state index contributed by atoms with van der Waals surface area (Å²) < 4.78 is 19.8. The van der Waals surface area contributed by atoms with Gasteiger partial charge in [0.1, 0.15) is 18.0 Å². The predicted octanol–water partition coefficient (Wildman–Crippen LogP) is 6.31. The summed E-state index contributed by atoms with van der Waals surface area (Å²) in [6.07, 6.45) is -0.500. The van der Waals surface area contributed by atoms with Crippen molar-refractivity contribution in [2.75, 3.05) is 5.32 Å². The number of benzene rings is 3. The first-order chi connectivity index (χ1) is 18.8. The molecule has 3 aromatic carbocycles. The molecule has 1 atom stereocenters. The molecular formula is C28H18Cl3FN4O3. The molecule has 11 heteroatoms. The number of nitrogens with one attached hydrogen (secondary N) is 2. The van der Waals surface area contributed by atoms with Crippen LogP contribution in [0.1, 0.15) is 27.0 Å². The Labute approximate surface area is 237 Å². The molecule has 4 aromatic rings. The van der Waals surface area contributed by atoms with Crippen LogP contribution in [0, 0.1) is 5.82 Å². The van der Waals surface area contributed by atoms with Crippen molar-refractivity contribution >= 4 is 58.0 Å². The Kier molecular flexibility index (Phi) is 7.79. The van der Waals surface area contributed by atoms with E-state index in [0.29, 0.717) is 21.8 Å². The molecule has 1 unspecified atom stereocenters. The molecule has 0 spiro atoms. The van der Waals surface area contributed by atoms with E-state index >= 15 is 0 Å². The maximum atomic E-state index is 14.1. The second kappa shape index (κ2) is 11.4. The molecule has 2 amide bonds. The lowest BCUT2D eigenvalue weighted by atomic mass is 10.0. The summed E-state index contributed by atoms with van der Waals surface area (Å²) in [7, 11) is 0. The van der Waals surface area contributed by atoms with Crippen LogP contribution < -0.4 is 15.4 Å². The molecule has 196 valence electrons. The van der Waals surface area contributed by atoms with Crippen molar-refractivity contribution in [1.29, 1.82) is 0 Å². The molecule has 1 aromatic heterocycles. The van der Waals surface area contributed by atoms with E-state index in [-0.39, 0.29) is 33.8 Å². The van der Waals surface area contributed by atoms with Crippen molar-refractivity contribution in [2.24, 2.45) is 4.99 Å². The van der Waals surface area contributed by atoms with Gasteiger partial charge in [0.2, 0.25) is 12.0 Å². The van der Waals surface area contributed by atoms with Gasteiger partial charge < -0.3 is 15.4 Å². The highest BCUT2D eigenvalue weighted by molar-refractivity contribution is 6.44. The van der Waals surface area contributed by atoms with Crippen LogP contribution in [0.4, 0.5) is 10.1 Å². The number of fused-ring (bicyclic) bond motifs is 1. The number of aromatic nitrogens is 1. The lowest BCUT2D eigenvalue weighted by Gasteiger charge is -2.16. The number of para-hydroxylation sites is 1. The summed E-state index contributed by atoms with van der Waals surface area (Å²) in [5, 5.41) is 6.01. The summed E-state index contributed by atoms with van der Waals surface area (Å²) in [4.78, 5) is 35.0. The number of rotatable bonds is 6. The van der Waals surface area contributed by atoms with Gasteiger partial charge in [-0.05, 0) is 29.8 Å². The Morgan fingerprint density at radius 2 is 1.69 bits per heavy atom. The summed E-state index contributed by atoms with van der Waals surface area (Å²) in [5.41, 5.74) is 2.14. The number of nitrogens with zero attached hydrogens (tertiary/aromatic N) is 2. The SMILES string of the molecule is O=C(NC1N=C(c2c(Cl)cc(Cl)cc2Cl)c2ccccc2NC1=O)c1cc(F)cnc1OCc1ccccc1. The smallest absolute Gasteiger partial charge is 0.269 e. The Balaban J connectivity index is 1.51. The molecule has 5 rings (SSSR count). The second-order valence-electron chi connectivity index (χ2n) is 8.41. The number of carbonyl (C=O) groups excluding carboxylic acids is 2. The average Bonchev–Trinajstić information content (AvgIpc) is 3.04. The van der Waals surface area contributed by atoms with E-state index in [1.165, 1.54) is 12.1 Å². The largest absolute Gasteiger partial charge is 0.472 e. The average molecular weight is 584 g/mol. The molecular weight excluding hydrogens is 566 g/mol. The summed E-state index contributed by atoms with van der Waals surface area (Å²) in [6, 6.07) is 20.1. The molecule has 0 saturated carbocycles. The highest BCUT2D eigenvalue weighted by Gasteiger charge is 2.30. The van der Waals surface area contributed by atoms with Crippen molar-refractivity contribution in [3.8, 4) is 5.88 Å². The zero-order valence-corrected chi connectivity index (χ0v) is 22.2. The minimum Gasteiger partial charge on any atom is -0.472 e. The van der Waals surface area contributed by atoms with Crippen LogP contribution in [-0.2, 0) is 11.4 Å². The first kappa shape index (κ1) is 26.6. The molecule has 2 N–H and O–H groups in total. The van der Waals surface area contributed by atoms with Gasteiger partial charge in [0, 0.05) is 16.1 Å². The lowest BCUT2D eigenvalue weighted by Crippen LogP contribution is -2.42. The van der Waals surface area contributed by atoms with E-state index in [1.54, 1.807) is 24.3 Å². The number of halogens is 4. The van der Waals surface area contributed by atoms with Crippen molar-refractivity contribution in [1.82, 2.24) is 10.3 Å². The van der Waals surface area contributed by atoms with Crippen LogP contribution >= 0.6 is 34.8 Å². The maximum absolute atomic E-state index is 14.1. The minimum atomic E-state index is -1.44. The first-order valence-electron chi connectivity index (χ1n) is 11.6. The van der Waals surface area contributed by atoms with E-state index in [0.717, 1.165) is 17.8 Å². The molecule has 0 radical (unpaired) electrons. The highest BCUT2D eigenvalue weighted by Crippen LogP contribution is 2.34. The van der Waals surface area contributed by atoms with Gasteiger partial charge in [-0.3, -0.25) is 9.59 Å². The number of benzodiazepines with no additional fused rings is 1. The molecule has 0 bridgehead atoms. The number of hydrogen-bond donors (Lipinski definition) is 2. The fourth-order valence-electron chi connectivity index (χ4n) is 3.95. The van der Waals surface area contributed by atoms with Crippen LogP contribution in [0.3, 0.4) is 0 Å². The van der Waals surface area contributed by atoms with E-state index in [4.69, 9.17) is 39.5 Å². The Hall–Kier alpha value is -3.98. The van der Waals surface area contributed by atoms with Gasteiger partial charge in [-0.15, -0.1) is 0 Å². The topological polar surface area (TPSA) is 92.7 Å². The Morgan fingerprint density at radius 3 is 2.44 bits per heavy atom. The fourth-order valence-corrected chi connectivity index (χ4v) is 4.95. The van der Waals surface area contributed by atoms with E-state index in [1.807, 2.05) is 30.3 Å². The standard InChI is InChI=1S/C28H18Cl3FN4O3/c29-16-10-20(30)23(21(31)11-16)24-18-8-4-5-9-22(18)34-27(38)25(35-24)36-26(37)19-12-17(32)13-33-28(19)39-14-15-6-2-1-3-7-15/h1-13,25H,14H2,(H,34,38)(H,36,37). The van der Waals surface area contributed by atoms with Crippen LogP contribution in [-0.4, -0.2) is 28.7 Å². The van der Waals surface area contributed by atoms with Crippen LogP contribution in [0.5, 0.6) is 5.88 Å². The zero-order valence-electron chi connectivity index (χ0n) is 19.9. The molecule has 2 heterocycles. The van der Waals surface area contributed by atoms with Gasteiger partial charge >= 0.3 is 0 Å². The lowest BCUT2D eigenvalue weighted by molar-refractivity contribution is -0.117. The predicted molar refractivity (Wildman–Crippen MR) is 148 cm³/mol. The molecule has 39 heavy (non-hydrogen) atoms. The highest BCUT2D eigenvalue weighted by atomic mass is 35.5. The van der Waals surface area contributed by atoms with Crippen molar-refractivity contribution < 1.29 is 18.7 Å². The number of pyridine rings is 1. The zero-order chi connectivity index (χ0) is 27.5. The van der Waals surface area contributed by atoms with Gasteiger partial charge in [0.05, 0.1) is 27.6 Å². The summed E-state index contributed by atoms with van der Waals surface area (Å²) >= 11 is 19.1. The van der Waals surface area contributed by atoms with E-state index < -0.39 is 23.8 Å². The quantitative estimate of drug-likeness (QED) is 0.278. The molecule has 1 aliphatic heterocycles. The maximum Gasteiger partial charge on any atom is 0.269 e. The number of carbonyl (C=O) groups is 2. The Morgan fingerprint density at radius 1 is 1.00 bits per heavy atom. The first-order valence-corrected chi connectivity index (χ1v) is 12.7.